The third-order valence-corrected chi connectivity index (χ3v) is 8.52. The number of rotatable bonds is 9. The summed E-state index contributed by atoms with van der Waals surface area (Å²) in [5.74, 6) is 0. The van der Waals surface area contributed by atoms with E-state index < -0.39 is 16.1 Å². The van der Waals surface area contributed by atoms with Gasteiger partial charge in [0.05, 0.1) is 17.5 Å². The number of nitrogens with zero attached hydrogens (tertiary/aromatic N) is 2. The van der Waals surface area contributed by atoms with E-state index in [9.17, 15) is 13.5 Å². The first-order valence-corrected chi connectivity index (χ1v) is 13.6. The average Bonchev–Trinajstić information content (AvgIpc) is 3.21. The molecule has 0 aliphatic heterocycles. The Morgan fingerprint density at radius 1 is 0.778 bits per heavy atom. The highest BCUT2D eigenvalue weighted by Gasteiger charge is 2.27. The van der Waals surface area contributed by atoms with E-state index in [1.165, 1.54) is 4.31 Å². The molecule has 5 rings (SSSR count). The van der Waals surface area contributed by atoms with E-state index in [1.807, 2.05) is 73.7 Å². The first-order valence-electron chi connectivity index (χ1n) is 12.2. The molecule has 0 fully saturated rings. The highest BCUT2D eigenvalue weighted by Crippen LogP contribution is 2.29. The smallest absolute Gasteiger partial charge is 0.243 e. The summed E-state index contributed by atoms with van der Waals surface area (Å²) in [6.07, 6.45) is -0.325. The summed E-state index contributed by atoms with van der Waals surface area (Å²) in [5.41, 5.74) is 4.10. The summed E-state index contributed by atoms with van der Waals surface area (Å²) in [7, 11) is -3.78. The van der Waals surface area contributed by atoms with Gasteiger partial charge in [-0.2, -0.15) is 4.31 Å². The van der Waals surface area contributed by atoms with E-state index in [1.54, 1.807) is 24.3 Å². The molecule has 0 aliphatic carbocycles. The van der Waals surface area contributed by atoms with Crippen LogP contribution >= 0.6 is 0 Å². The van der Waals surface area contributed by atoms with Gasteiger partial charge in [0.1, 0.15) is 0 Å². The number of aliphatic hydroxyl groups excluding tert-OH is 1. The minimum atomic E-state index is -3.78. The van der Waals surface area contributed by atoms with Crippen molar-refractivity contribution < 1.29 is 13.5 Å². The molecule has 5 nitrogen and oxygen atoms in total. The molecular formula is C30H30N2O3S. The maximum Gasteiger partial charge on any atom is 0.243 e. The van der Waals surface area contributed by atoms with E-state index >= 15 is 0 Å². The SMILES string of the molecule is Cc1ccc(S(=O)(=O)N(CCc2ccccc2)CC(O)Cn2c3ccccc3c3ccccc32)cc1. The zero-order valence-corrected chi connectivity index (χ0v) is 21.1. The van der Waals surface area contributed by atoms with Gasteiger partial charge in [0.2, 0.25) is 10.0 Å². The van der Waals surface area contributed by atoms with E-state index in [2.05, 4.69) is 16.7 Å². The van der Waals surface area contributed by atoms with Gasteiger partial charge >= 0.3 is 0 Å². The van der Waals surface area contributed by atoms with Gasteiger partial charge in [-0.3, -0.25) is 0 Å². The summed E-state index contributed by atoms with van der Waals surface area (Å²) < 4.78 is 30.8. The number of aliphatic hydroxyl groups is 1. The van der Waals surface area contributed by atoms with Crippen molar-refractivity contribution >= 4 is 31.8 Å². The van der Waals surface area contributed by atoms with Gasteiger partial charge in [-0.15, -0.1) is 0 Å². The molecule has 0 saturated carbocycles. The van der Waals surface area contributed by atoms with Crippen molar-refractivity contribution in [1.82, 2.24) is 8.87 Å². The van der Waals surface area contributed by atoms with Gasteiger partial charge in [0, 0.05) is 34.9 Å². The standard InChI is InChI=1S/C30H30N2O3S/c1-23-15-17-26(18-16-23)36(34,35)31(20-19-24-9-3-2-4-10-24)21-25(33)22-32-29-13-7-5-11-27(29)28-12-6-8-14-30(28)32/h2-18,25,33H,19-22H2,1H3. The Hall–Kier alpha value is -3.45. The number of hydrogen-bond donors (Lipinski definition) is 1. The molecule has 1 N–H and O–H groups in total. The maximum atomic E-state index is 13.6. The van der Waals surface area contributed by atoms with Crippen LogP contribution in [0.2, 0.25) is 0 Å². The van der Waals surface area contributed by atoms with Gasteiger partial charge < -0.3 is 9.67 Å². The molecule has 184 valence electrons. The molecule has 0 amide bonds. The van der Waals surface area contributed by atoms with Crippen molar-refractivity contribution in [3.8, 4) is 0 Å². The van der Waals surface area contributed by atoms with E-state index in [0.717, 1.165) is 32.9 Å². The van der Waals surface area contributed by atoms with Crippen LogP contribution in [0.4, 0.5) is 0 Å². The molecule has 0 spiro atoms. The topological polar surface area (TPSA) is 62.5 Å². The molecule has 1 atom stereocenters. The van der Waals surface area contributed by atoms with Crippen LogP contribution in [0.25, 0.3) is 21.8 Å². The summed E-state index contributed by atoms with van der Waals surface area (Å²) in [4.78, 5) is 0.241. The molecule has 36 heavy (non-hydrogen) atoms. The minimum Gasteiger partial charge on any atom is -0.390 e. The predicted molar refractivity (Wildman–Crippen MR) is 146 cm³/mol. The molecule has 1 heterocycles. The lowest BCUT2D eigenvalue weighted by molar-refractivity contribution is 0.130. The second-order valence-corrected chi connectivity index (χ2v) is 11.1. The van der Waals surface area contributed by atoms with E-state index in [4.69, 9.17) is 0 Å². The number of fused-ring (bicyclic) bond motifs is 3. The highest BCUT2D eigenvalue weighted by atomic mass is 32.2. The van der Waals surface area contributed by atoms with E-state index in [-0.39, 0.29) is 18.0 Å². The molecule has 1 unspecified atom stereocenters. The number of benzene rings is 4. The zero-order valence-electron chi connectivity index (χ0n) is 20.3. The van der Waals surface area contributed by atoms with Crippen molar-refractivity contribution in [2.75, 3.05) is 13.1 Å². The lowest BCUT2D eigenvalue weighted by Gasteiger charge is -2.25. The quantitative estimate of drug-likeness (QED) is 0.296. The zero-order chi connectivity index (χ0) is 25.1. The second-order valence-electron chi connectivity index (χ2n) is 9.21. The fraction of sp³-hybridized carbons (Fsp3) is 0.200. The van der Waals surface area contributed by atoms with Gasteiger partial charge in [0.15, 0.2) is 0 Å². The van der Waals surface area contributed by atoms with Crippen molar-refractivity contribution in [1.29, 1.82) is 0 Å². The van der Waals surface area contributed by atoms with Gasteiger partial charge in [0.25, 0.3) is 0 Å². The molecule has 0 saturated heterocycles. The van der Waals surface area contributed by atoms with Crippen LogP contribution < -0.4 is 0 Å². The van der Waals surface area contributed by atoms with Crippen molar-refractivity contribution in [3.05, 3.63) is 114 Å². The monoisotopic (exact) mass is 498 g/mol. The minimum absolute atomic E-state index is 0.00385. The number of aryl methyl sites for hydroxylation is 1. The maximum absolute atomic E-state index is 13.6. The van der Waals surface area contributed by atoms with Gasteiger partial charge in [-0.05, 0) is 43.2 Å². The molecule has 0 aliphatic rings. The lowest BCUT2D eigenvalue weighted by Crippen LogP contribution is -2.40. The molecule has 1 aromatic heterocycles. The Morgan fingerprint density at radius 3 is 1.94 bits per heavy atom. The van der Waals surface area contributed by atoms with Crippen molar-refractivity contribution in [2.45, 2.75) is 30.9 Å². The third-order valence-electron chi connectivity index (χ3n) is 6.64. The van der Waals surface area contributed by atoms with Crippen LogP contribution in [0.1, 0.15) is 11.1 Å². The van der Waals surface area contributed by atoms with Gasteiger partial charge in [-0.1, -0.05) is 84.4 Å². The molecule has 0 radical (unpaired) electrons. The molecule has 6 heteroatoms. The number of aromatic nitrogens is 1. The Labute approximate surface area is 212 Å². The Morgan fingerprint density at radius 2 is 1.33 bits per heavy atom. The number of sulfonamides is 1. The number of hydrogen-bond acceptors (Lipinski definition) is 3. The molecular weight excluding hydrogens is 468 g/mol. The summed E-state index contributed by atoms with van der Waals surface area (Å²) in [6.45, 7) is 2.51. The highest BCUT2D eigenvalue weighted by molar-refractivity contribution is 7.89. The number of para-hydroxylation sites is 2. The van der Waals surface area contributed by atoms with Crippen LogP contribution in [0, 0.1) is 6.92 Å². The van der Waals surface area contributed by atoms with Crippen LogP contribution in [-0.4, -0.2) is 41.6 Å². The normalized spacial score (nSPS) is 13.0. The summed E-state index contributed by atoms with van der Waals surface area (Å²) in [6, 6.07) is 32.9. The third kappa shape index (κ3) is 4.93. The van der Waals surface area contributed by atoms with Crippen LogP contribution in [-0.2, 0) is 23.0 Å². The molecule has 4 aromatic carbocycles. The molecule has 0 bridgehead atoms. The average molecular weight is 499 g/mol. The Bertz CT molecular complexity index is 1520. The largest absolute Gasteiger partial charge is 0.390 e. The van der Waals surface area contributed by atoms with Crippen LogP contribution in [0.3, 0.4) is 0 Å². The first kappa shape index (κ1) is 24.3. The summed E-state index contributed by atoms with van der Waals surface area (Å²) >= 11 is 0. The summed E-state index contributed by atoms with van der Waals surface area (Å²) in [5, 5.41) is 13.5. The Kier molecular flexibility index (Phi) is 6.92. The fourth-order valence-corrected chi connectivity index (χ4v) is 6.25. The van der Waals surface area contributed by atoms with Crippen molar-refractivity contribution in [2.24, 2.45) is 0 Å². The second kappa shape index (κ2) is 10.3. The van der Waals surface area contributed by atoms with Crippen LogP contribution in [0.5, 0.6) is 0 Å². The Balaban J connectivity index is 1.44. The van der Waals surface area contributed by atoms with Gasteiger partial charge in [-0.25, -0.2) is 8.42 Å². The van der Waals surface area contributed by atoms with Crippen LogP contribution in [0.15, 0.2) is 108 Å². The predicted octanol–water partition coefficient (Wildman–Crippen LogP) is 5.40. The lowest BCUT2D eigenvalue weighted by atomic mass is 10.1. The van der Waals surface area contributed by atoms with E-state index in [0.29, 0.717) is 13.0 Å². The molecule has 5 aromatic rings. The van der Waals surface area contributed by atoms with Crippen molar-refractivity contribution in [3.63, 3.8) is 0 Å². The first-order chi connectivity index (χ1) is 17.4. The fourth-order valence-electron chi connectivity index (χ4n) is 4.77.